The maximum atomic E-state index is 5.34. The second kappa shape index (κ2) is 6.76. The summed E-state index contributed by atoms with van der Waals surface area (Å²) in [6.45, 7) is 0.242. The van der Waals surface area contributed by atoms with Gasteiger partial charge in [0.2, 0.25) is 6.79 Å². The predicted molar refractivity (Wildman–Crippen MR) is 93.7 cm³/mol. The highest BCUT2D eigenvalue weighted by molar-refractivity contribution is 9.10. The average molecular weight is 378 g/mol. The molecular weight excluding hydrogens is 366 g/mol. The molecule has 0 saturated heterocycles. The third-order valence-corrected chi connectivity index (χ3v) is 3.77. The third kappa shape index (κ3) is 3.55. The standard InChI is InChI=1S/C15H12BrN3O2S/c16-12-7-14-13(20-9-21-14)6-10(12)8-17-19-15(22)18-11-4-2-1-3-5-11/h1-8H,9H2,(H2,18,19,22)/b17-8+. The van der Waals surface area contributed by atoms with Crippen molar-refractivity contribution in [2.45, 2.75) is 0 Å². The van der Waals surface area contributed by atoms with E-state index in [1.54, 1.807) is 6.21 Å². The molecule has 5 nitrogen and oxygen atoms in total. The smallest absolute Gasteiger partial charge is 0.231 e. The van der Waals surface area contributed by atoms with Crippen molar-refractivity contribution in [1.82, 2.24) is 5.43 Å². The third-order valence-electron chi connectivity index (χ3n) is 2.89. The molecule has 0 saturated carbocycles. The lowest BCUT2D eigenvalue weighted by Crippen LogP contribution is -2.23. The van der Waals surface area contributed by atoms with Crippen molar-refractivity contribution in [3.63, 3.8) is 0 Å². The molecule has 1 aliphatic heterocycles. The zero-order valence-electron chi connectivity index (χ0n) is 11.4. The van der Waals surface area contributed by atoms with Gasteiger partial charge in [0.15, 0.2) is 16.6 Å². The number of rotatable bonds is 3. The second-order valence-electron chi connectivity index (χ2n) is 4.42. The number of halogens is 1. The molecule has 1 aliphatic rings. The predicted octanol–water partition coefficient (Wildman–Crippen LogP) is 3.50. The monoisotopic (exact) mass is 377 g/mol. The highest BCUT2D eigenvalue weighted by Crippen LogP contribution is 2.36. The number of ether oxygens (including phenoxy) is 2. The minimum Gasteiger partial charge on any atom is -0.454 e. The van der Waals surface area contributed by atoms with Crippen LogP contribution in [0.2, 0.25) is 0 Å². The topological polar surface area (TPSA) is 54.9 Å². The van der Waals surface area contributed by atoms with Crippen LogP contribution in [-0.2, 0) is 0 Å². The summed E-state index contributed by atoms with van der Waals surface area (Å²) in [7, 11) is 0. The average Bonchev–Trinajstić information content (AvgIpc) is 2.95. The molecule has 7 heteroatoms. The van der Waals surface area contributed by atoms with Gasteiger partial charge < -0.3 is 14.8 Å². The molecule has 112 valence electrons. The van der Waals surface area contributed by atoms with Crippen molar-refractivity contribution in [1.29, 1.82) is 0 Å². The largest absolute Gasteiger partial charge is 0.454 e. The summed E-state index contributed by atoms with van der Waals surface area (Å²) in [4.78, 5) is 0. The van der Waals surface area contributed by atoms with E-state index < -0.39 is 0 Å². The molecule has 0 bridgehead atoms. The summed E-state index contributed by atoms with van der Waals surface area (Å²) in [5, 5.41) is 7.57. The van der Waals surface area contributed by atoms with Gasteiger partial charge in [-0.25, -0.2) is 0 Å². The lowest BCUT2D eigenvalue weighted by atomic mass is 10.2. The van der Waals surface area contributed by atoms with Crippen molar-refractivity contribution in [2.75, 3.05) is 12.1 Å². The molecule has 2 aromatic carbocycles. The minimum absolute atomic E-state index is 0.242. The van der Waals surface area contributed by atoms with Crippen LogP contribution >= 0.6 is 28.1 Å². The first-order valence-corrected chi connectivity index (χ1v) is 7.67. The fourth-order valence-corrected chi connectivity index (χ4v) is 2.47. The van der Waals surface area contributed by atoms with Crippen molar-refractivity contribution in [3.05, 3.63) is 52.5 Å². The lowest BCUT2D eigenvalue weighted by molar-refractivity contribution is 0.174. The van der Waals surface area contributed by atoms with E-state index in [1.807, 2.05) is 42.5 Å². The highest BCUT2D eigenvalue weighted by Gasteiger charge is 2.15. The Labute approximate surface area is 141 Å². The van der Waals surface area contributed by atoms with Gasteiger partial charge in [0.25, 0.3) is 0 Å². The number of nitrogens with one attached hydrogen (secondary N) is 2. The highest BCUT2D eigenvalue weighted by atomic mass is 79.9. The Morgan fingerprint density at radius 2 is 1.91 bits per heavy atom. The first kappa shape index (κ1) is 14.8. The molecule has 0 aliphatic carbocycles. The van der Waals surface area contributed by atoms with E-state index >= 15 is 0 Å². The molecule has 0 atom stereocenters. The first-order valence-electron chi connectivity index (χ1n) is 6.46. The number of hydrazone groups is 1. The Morgan fingerprint density at radius 1 is 1.18 bits per heavy atom. The zero-order chi connectivity index (χ0) is 15.4. The SMILES string of the molecule is S=C(N/N=C/c1cc2c(cc1Br)OCO2)Nc1ccccc1. The maximum absolute atomic E-state index is 5.34. The number of benzene rings is 2. The summed E-state index contributed by atoms with van der Waals surface area (Å²) in [6, 6.07) is 13.3. The summed E-state index contributed by atoms with van der Waals surface area (Å²) in [5.74, 6) is 1.42. The number of fused-ring (bicyclic) bond motifs is 1. The Bertz CT molecular complexity index is 722. The van der Waals surface area contributed by atoms with Crippen LogP contribution in [-0.4, -0.2) is 18.1 Å². The molecule has 0 fully saturated rings. The Balaban J connectivity index is 1.61. The van der Waals surface area contributed by atoms with Crippen molar-refractivity contribution >= 4 is 45.2 Å². The van der Waals surface area contributed by atoms with Crippen molar-refractivity contribution in [2.24, 2.45) is 5.10 Å². The molecular formula is C15H12BrN3O2S. The molecule has 0 spiro atoms. The fourth-order valence-electron chi connectivity index (χ4n) is 1.87. The van der Waals surface area contributed by atoms with Crippen LogP contribution in [0.1, 0.15) is 5.56 Å². The lowest BCUT2D eigenvalue weighted by Gasteiger charge is -2.06. The van der Waals surface area contributed by atoms with E-state index in [4.69, 9.17) is 21.7 Å². The van der Waals surface area contributed by atoms with E-state index in [-0.39, 0.29) is 6.79 Å². The Morgan fingerprint density at radius 3 is 2.68 bits per heavy atom. The molecule has 22 heavy (non-hydrogen) atoms. The van der Waals surface area contributed by atoms with Crippen LogP contribution in [0.15, 0.2) is 52.0 Å². The van der Waals surface area contributed by atoms with Crippen LogP contribution in [0.25, 0.3) is 0 Å². The van der Waals surface area contributed by atoms with Crippen LogP contribution < -0.4 is 20.2 Å². The normalized spacial score (nSPS) is 12.4. The Hall–Kier alpha value is -2.12. The number of nitrogens with zero attached hydrogens (tertiary/aromatic N) is 1. The molecule has 3 rings (SSSR count). The van der Waals surface area contributed by atoms with E-state index in [0.717, 1.165) is 21.5 Å². The molecule has 1 heterocycles. The molecule has 0 unspecified atom stereocenters. The van der Waals surface area contributed by atoms with Gasteiger partial charge in [-0.2, -0.15) is 5.10 Å². The quantitative estimate of drug-likeness (QED) is 0.487. The van der Waals surface area contributed by atoms with Gasteiger partial charge in [-0.15, -0.1) is 0 Å². The van der Waals surface area contributed by atoms with Gasteiger partial charge in [-0.3, -0.25) is 5.43 Å². The van der Waals surface area contributed by atoms with Gasteiger partial charge in [0.1, 0.15) is 0 Å². The molecule has 0 radical (unpaired) electrons. The molecule has 0 amide bonds. The van der Waals surface area contributed by atoms with Crippen LogP contribution in [0.5, 0.6) is 11.5 Å². The summed E-state index contributed by atoms with van der Waals surface area (Å²) < 4.78 is 11.5. The van der Waals surface area contributed by atoms with Gasteiger partial charge in [-0.1, -0.05) is 18.2 Å². The van der Waals surface area contributed by atoms with Crippen molar-refractivity contribution in [3.8, 4) is 11.5 Å². The van der Waals surface area contributed by atoms with Gasteiger partial charge in [-0.05, 0) is 52.4 Å². The van der Waals surface area contributed by atoms with Gasteiger partial charge >= 0.3 is 0 Å². The molecule has 2 N–H and O–H groups in total. The van der Waals surface area contributed by atoms with Gasteiger partial charge in [0.05, 0.1) is 6.21 Å². The number of thiocarbonyl (C=S) groups is 1. The van der Waals surface area contributed by atoms with Crippen molar-refractivity contribution < 1.29 is 9.47 Å². The first-order chi connectivity index (χ1) is 10.7. The Kier molecular flexibility index (Phi) is 4.55. The van der Waals surface area contributed by atoms with E-state index in [2.05, 4.69) is 31.8 Å². The van der Waals surface area contributed by atoms with Gasteiger partial charge in [0, 0.05) is 15.7 Å². The van der Waals surface area contributed by atoms with E-state index in [0.29, 0.717) is 10.9 Å². The summed E-state index contributed by atoms with van der Waals surface area (Å²) in [5.41, 5.74) is 4.53. The fraction of sp³-hybridized carbons (Fsp3) is 0.0667. The number of para-hydroxylation sites is 1. The molecule has 0 aromatic heterocycles. The summed E-state index contributed by atoms with van der Waals surface area (Å²) >= 11 is 8.64. The summed E-state index contributed by atoms with van der Waals surface area (Å²) in [6.07, 6.45) is 1.66. The number of hydrogen-bond acceptors (Lipinski definition) is 4. The van der Waals surface area contributed by atoms with Crippen LogP contribution in [0, 0.1) is 0 Å². The van der Waals surface area contributed by atoms with E-state index in [9.17, 15) is 0 Å². The number of anilines is 1. The van der Waals surface area contributed by atoms with Crippen LogP contribution in [0.4, 0.5) is 5.69 Å². The maximum Gasteiger partial charge on any atom is 0.231 e. The van der Waals surface area contributed by atoms with E-state index in [1.165, 1.54) is 0 Å². The minimum atomic E-state index is 0.242. The second-order valence-corrected chi connectivity index (χ2v) is 5.68. The van der Waals surface area contributed by atoms with Crippen LogP contribution in [0.3, 0.4) is 0 Å². The molecule has 2 aromatic rings. The number of hydrogen-bond donors (Lipinski definition) is 2. The zero-order valence-corrected chi connectivity index (χ0v) is 13.8.